The van der Waals surface area contributed by atoms with E-state index in [0.717, 1.165) is 30.7 Å². The van der Waals surface area contributed by atoms with Gasteiger partial charge in [-0.2, -0.15) is 5.26 Å². The van der Waals surface area contributed by atoms with E-state index < -0.39 is 11.6 Å². The van der Waals surface area contributed by atoms with Crippen LogP contribution in [0.4, 0.5) is 8.78 Å². The number of halogens is 2. The van der Waals surface area contributed by atoms with Crippen molar-refractivity contribution in [3.63, 3.8) is 0 Å². The number of hydrogen-bond acceptors (Lipinski definition) is 7. The minimum Gasteiger partial charge on any atom is -0.404 e. The minimum atomic E-state index is -0.718. The van der Waals surface area contributed by atoms with Crippen LogP contribution in [-0.4, -0.2) is 39.9 Å². The maximum Gasteiger partial charge on any atom is 0.135 e. The molecule has 1 saturated carbocycles. The molecule has 2 fully saturated rings. The number of aliphatic imine (C=N–C) groups is 1. The summed E-state index contributed by atoms with van der Waals surface area (Å²) >= 11 is 0. The number of aryl methyl sites for hydroxylation is 1. The summed E-state index contributed by atoms with van der Waals surface area (Å²) in [6.45, 7) is 2.62. The van der Waals surface area contributed by atoms with Gasteiger partial charge >= 0.3 is 0 Å². The molecular formula is C27H28F2N6O. The number of aromatic nitrogens is 3. The molecule has 9 heteroatoms. The first-order valence-electron chi connectivity index (χ1n) is 12.0. The Labute approximate surface area is 208 Å². The average molecular weight is 491 g/mol. The fraction of sp³-hybridized carbons (Fsp3) is 0.370. The van der Waals surface area contributed by atoms with Gasteiger partial charge in [-0.25, -0.2) is 18.7 Å². The molecule has 2 aromatic heterocycles. The van der Waals surface area contributed by atoms with E-state index in [1.807, 2.05) is 12.3 Å². The molecule has 7 nitrogen and oxygen atoms in total. The van der Waals surface area contributed by atoms with Crippen molar-refractivity contribution < 1.29 is 13.5 Å². The van der Waals surface area contributed by atoms with Gasteiger partial charge in [0.2, 0.25) is 0 Å². The molecular weight excluding hydrogens is 462 g/mol. The maximum atomic E-state index is 14.0. The van der Waals surface area contributed by atoms with Gasteiger partial charge in [-0.1, -0.05) is 0 Å². The van der Waals surface area contributed by atoms with Gasteiger partial charge < -0.3 is 10.5 Å². The van der Waals surface area contributed by atoms with Crippen LogP contribution in [0.25, 0.3) is 22.3 Å². The highest BCUT2D eigenvalue weighted by molar-refractivity contribution is 5.89. The highest BCUT2D eigenvalue weighted by Gasteiger charge is 2.21. The normalized spacial score (nSPS) is 18.1. The van der Waals surface area contributed by atoms with Gasteiger partial charge in [0.1, 0.15) is 22.8 Å². The summed E-state index contributed by atoms with van der Waals surface area (Å²) in [7, 11) is 0. The van der Waals surface area contributed by atoms with Crippen LogP contribution in [0.1, 0.15) is 43.5 Å². The van der Waals surface area contributed by atoms with Crippen molar-refractivity contribution in [1.82, 2.24) is 15.0 Å². The molecule has 1 atom stereocenters. The number of nitrogens with two attached hydrogens (primary N) is 1. The van der Waals surface area contributed by atoms with Crippen LogP contribution in [-0.2, 0) is 11.2 Å². The quantitative estimate of drug-likeness (QED) is 0.505. The van der Waals surface area contributed by atoms with E-state index >= 15 is 0 Å². The third-order valence-corrected chi connectivity index (χ3v) is 6.01. The van der Waals surface area contributed by atoms with Crippen LogP contribution in [0, 0.1) is 29.9 Å². The van der Waals surface area contributed by atoms with E-state index in [1.54, 1.807) is 19.2 Å². The van der Waals surface area contributed by atoms with E-state index in [0.29, 0.717) is 28.5 Å². The maximum absolute atomic E-state index is 14.0. The first-order valence-corrected chi connectivity index (χ1v) is 12.0. The topological polar surface area (TPSA) is 110 Å². The fourth-order valence-corrected chi connectivity index (χ4v) is 3.88. The number of nitriles is 1. The Hall–Kier alpha value is -3.77. The Balaban J connectivity index is 0.000000187. The van der Waals surface area contributed by atoms with E-state index in [-0.39, 0.29) is 23.8 Å². The predicted molar refractivity (Wildman–Crippen MR) is 134 cm³/mol. The summed E-state index contributed by atoms with van der Waals surface area (Å²) in [5, 5.41) is 8.84. The number of benzene rings is 1. The smallest absolute Gasteiger partial charge is 0.135 e. The summed E-state index contributed by atoms with van der Waals surface area (Å²) in [6.07, 6.45) is 11.3. The molecule has 0 radical (unpaired) electrons. The van der Waals surface area contributed by atoms with E-state index in [9.17, 15) is 8.78 Å². The van der Waals surface area contributed by atoms with Crippen molar-refractivity contribution >= 4 is 17.2 Å². The first-order chi connectivity index (χ1) is 17.5. The molecule has 36 heavy (non-hydrogen) atoms. The lowest BCUT2D eigenvalue weighted by Gasteiger charge is -2.22. The molecule has 3 heterocycles. The highest BCUT2D eigenvalue weighted by atomic mass is 19.1. The van der Waals surface area contributed by atoms with Crippen molar-refractivity contribution in [2.75, 3.05) is 6.61 Å². The van der Waals surface area contributed by atoms with Gasteiger partial charge in [-0.05, 0) is 57.2 Å². The molecule has 5 rings (SSSR count). The molecule has 1 aliphatic carbocycles. The summed E-state index contributed by atoms with van der Waals surface area (Å²) in [5.74, 6) is -1.38. The first kappa shape index (κ1) is 25.3. The van der Waals surface area contributed by atoms with Gasteiger partial charge in [0.15, 0.2) is 0 Å². The Kier molecular flexibility index (Phi) is 8.28. The molecule has 0 spiro atoms. The average Bonchev–Trinajstić information content (AvgIpc) is 3.71. The number of hydrogen-bond donors (Lipinski definition) is 1. The molecule has 0 amide bonds. The Morgan fingerprint density at radius 1 is 1.22 bits per heavy atom. The van der Waals surface area contributed by atoms with Crippen molar-refractivity contribution in [2.45, 2.75) is 57.6 Å². The second kappa shape index (κ2) is 11.8. The van der Waals surface area contributed by atoms with Crippen LogP contribution < -0.4 is 5.73 Å². The molecule has 1 aliphatic heterocycles. The van der Waals surface area contributed by atoms with E-state index in [2.05, 4.69) is 19.9 Å². The standard InChI is InChI=1S/C16H10F2N4.C11H18N2O/c1-9-13(4-6-19)22-16-14(21-9)5-7-20-15(16)11-3-2-10(17)8-12(11)18;12-7-9(8-13-10-4-5-10)11-3-1-2-6-14-11/h2-3,5,7-8H,4H2,1H3;7-8,10-11H,1-6,12H2/b;9-7+,13-8?. The number of fused-ring (bicyclic) bond motifs is 1. The Morgan fingerprint density at radius 2 is 2.06 bits per heavy atom. The van der Waals surface area contributed by atoms with Gasteiger partial charge in [-0.3, -0.25) is 9.98 Å². The van der Waals surface area contributed by atoms with Crippen LogP contribution >= 0.6 is 0 Å². The molecule has 2 aliphatic rings. The molecule has 1 saturated heterocycles. The van der Waals surface area contributed by atoms with E-state index in [4.69, 9.17) is 15.7 Å². The van der Waals surface area contributed by atoms with Crippen molar-refractivity contribution in [1.29, 1.82) is 5.26 Å². The fourth-order valence-electron chi connectivity index (χ4n) is 3.88. The van der Waals surface area contributed by atoms with Crippen molar-refractivity contribution in [3.05, 3.63) is 65.3 Å². The van der Waals surface area contributed by atoms with Gasteiger partial charge in [0.05, 0.1) is 41.5 Å². The lowest BCUT2D eigenvalue weighted by atomic mass is 10.0. The van der Waals surface area contributed by atoms with Crippen molar-refractivity contribution in [3.8, 4) is 17.3 Å². The molecule has 186 valence electrons. The van der Waals surface area contributed by atoms with Crippen LogP contribution in [0.3, 0.4) is 0 Å². The molecule has 0 bridgehead atoms. The predicted octanol–water partition coefficient (Wildman–Crippen LogP) is 4.98. The number of nitrogens with zero attached hydrogens (tertiary/aromatic N) is 5. The zero-order valence-electron chi connectivity index (χ0n) is 20.1. The zero-order valence-corrected chi connectivity index (χ0v) is 20.1. The van der Waals surface area contributed by atoms with Crippen LogP contribution in [0.5, 0.6) is 0 Å². The third-order valence-electron chi connectivity index (χ3n) is 6.01. The lowest BCUT2D eigenvalue weighted by molar-refractivity contribution is 0.0429. The summed E-state index contributed by atoms with van der Waals surface area (Å²) in [5.41, 5.74) is 9.16. The Morgan fingerprint density at radius 3 is 2.72 bits per heavy atom. The number of pyridine rings is 1. The number of ether oxygens (including phenoxy) is 1. The molecule has 3 aromatic rings. The summed E-state index contributed by atoms with van der Waals surface area (Å²) in [4.78, 5) is 17.4. The van der Waals surface area contributed by atoms with E-state index in [1.165, 1.54) is 37.9 Å². The highest BCUT2D eigenvalue weighted by Crippen LogP contribution is 2.28. The van der Waals surface area contributed by atoms with Gasteiger partial charge in [0, 0.05) is 42.4 Å². The zero-order chi connectivity index (χ0) is 25.5. The largest absolute Gasteiger partial charge is 0.404 e. The number of rotatable bonds is 5. The summed E-state index contributed by atoms with van der Waals surface area (Å²) in [6, 6.07) is 7.53. The third kappa shape index (κ3) is 6.26. The van der Waals surface area contributed by atoms with Gasteiger partial charge in [0.25, 0.3) is 0 Å². The van der Waals surface area contributed by atoms with Crippen LogP contribution in [0.15, 0.2) is 47.2 Å². The molecule has 1 unspecified atom stereocenters. The lowest BCUT2D eigenvalue weighted by Crippen LogP contribution is -2.22. The SMILES string of the molecule is Cc1nc2ccnc(-c3ccc(F)cc3F)c2nc1CC#N.N/C=C(\C=NC1CC1)C1CCCCO1. The van der Waals surface area contributed by atoms with Crippen molar-refractivity contribution in [2.24, 2.45) is 10.7 Å². The molecule has 1 aromatic carbocycles. The Bertz CT molecular complexity index is 1320. The second-order valence-electron chi connectivity index (χ2n) is 8.77. The second-order valence-corrected chi connectivity index (χ2v) is 8.77. The monoisotopic (exact) mass is 490 g/mol. The minimum absolute atomic E-state index is 0.106. The summed E-state index contributed by atoms with van der Waals surface area (Å²) < 4.78 is 32.7. The van der Waals surface area contributed by atoms with Gasteiger partial charge in [-0.15, -0.1) is 0 Å². The van der Waals surface area contributed by atoms with Crippen LogP contribution in [0.2, 0.25) is 0 Å². The molecule has 2 N–H and O–H groups in total.